The predicted octanol–water partition coefficient (Wildman–Crippen LogP) is 2.29. The summed E-state index contributed by atoms with van der Waals surface area (Å²) in [6.07, 6.45) is 2.03. The van der Waals surface area contributed by atoms with Crippen LogP contribution in [0.4, 0.5) is 0 Å². The zero-order valence-corrected chi connectivity index (χ0v) is 11.5. The van der Waals surface area contributed by atoms with Crippen LogP contribution < -0.4 is 10.1 Å². The number of ether oxygens (including phenoxy) is 1. The molecule has 1 heterocycles. The maximum absolute atomic E-state index is 10.7. The average Bonchev–Trinajstić information content (AvgIpc) is 2.35. The normalized spacial score (nSPS) is 15.3. The van der Waals surface area contributed by atoms with E-state index in [1.165, 1.54) is 0 Å². The van der Waals surface area contributed by atoms with Crippen LogP contribution in [-0.2, 0) is 4.79 Å². The molecule has 0 spiro atoms. The third-order valence-electron chi connectivity index (χ3n) is 2.75. The number of benzene rings is 1. The Morgan fingerprint density at radius 3 is 3.11 bits per heavy atom. The van der Waals surface area contributed by atoms with E-state index >= 15 is 0 Å². The number of halogens is 1. The van der Waals surface area contributed by atoms with Crippen LogP contribution in [0, 0.1) is 0 Å². The predicted molar refractivity (Wildman–Crippen MR) is 72.7 cm³/mol. The van der Waals surface area contributed by atoms with Gasteiger partial charge in [0.15, 0.2) is 0 Å². The largest absolute Gasteiger partial charge is 0.489 e. The van der Waals surface area contributed by atoms with Crippen LogP contribution in [0.5, 0.6) is 5.75 Å². The zero-order chi connectivity index (χ0) is 13.1. The monoisotopic (exact) mass is 311 g/mol. The van der Waals surface area contributed by atoms with Crippen LogP contribution in [0.15, 0.2) is 28.2 Å². The molecule has 1 aliphatic rings. The van der Waals surface area contributed by atoms with Crippen LogP contribution in [0.25, 0.3) is 6.08 Å². The molecule has 0 radical (unpaired) electrons. The van der Waals surface area contributed by atoms with Gasteiger partial charge in [0.05, 0.1) is 0 Å². The molecule has 1 aliphatic heterocycles. The number of hydrogen-bond donors (Lipinski definition) is 2. The van der Waals surface area contributed by atoms with Crippen LogP contribution in [0.3, 0.4) is 0 Å². The molecule has 18 heavy (non-hydrogen) atoms. The van der Waals surface area contributed by atoms with E-state index in [2.05, 4.69) is 21.2 Å². The Hall–Kier alpha value is -1.33. The van der Waals surface area contributed by atoms with Gasteiger partial charge in [0, 0.05) is 16.6 Å². The number of hydrogen-bond acceptors (Lipinski definition) is 3. The fourth-order valence-corrected chi connectivity index (χ4v) is 2.05. The second-order valence-corrected chi connectivity index (χ2v) is 5.13. The molecular weight excluding hydrogens is 298 g/mol. The number of fused-ring (bicyclic) bond motifs is 1. The molecule has 1 atom stereocenters. The Morgan fingerprint density at radius 1 is 1.61 bits per heavy atom. The van der Waals surface area contributed by atoms with E-state index in [1.54, 1.807) is 6.92 Å². The van der Waals surface area contributed by atoms with Gasteiger partial charge in [-0.3, -0.25) is 4.79 Å². The molecule has 0 amide bonds. The zero-order valence-electron chi connectivity index (χ0n) is 9.94. The first kappa shape index (κ1) is 13.1. The highest BCUT2D eigenvalue weighted by Crippen LogP contribution is 2.28. The quantitative estimate of drug-likeness (QED) is 0.895. The van der Waals surface area contributed by atoms with Crippen molar-refractivity contribution in [3.05, 3.63) is 33.8 Å². The molecule has 0 saturated carbocycles. The van der Waals surface area contributed by atoms with Crippen LogP contribution in [-0.4, -0.2) is 30.3 Å². The van der Waals surface area contributed by atoms with Crippen molar-refractivity contribution >= 4 is 28.0 Å². The van der Waals surface area contributed by atoms with E-state index in [1.807, 2.05) is 24.3 Å². The smallest absolute Gasteiger partial charge is 0.320 e. The van der Waals surface area contributed by atoms with Crippen molar-refractivity contribution in [2.24, 2.45) is 0 Å². The van der Waals surface area contributed by atoms with Gasteiger partial charge in [-0.15, -0.1) is 0 Å². The van der Waals surface area contributed by atoms with Gasteiger partial charge in [0.25, 0.3) is 0 Å². The SMILES string of the molecule is CC(NCC1=Cc2cc(Br)ccc2OC1)C(=O)O. The Morgan fingerprint density at radius 2 is 2.39 bits per heavy atom. The van der Waals surface area contributed by atoms with E-state index in [-0.39, 0.29) is 0 Å². The van der Waals surface area contributed by atoms with Crippen molar-refractivity contribution in [1.82, 2.24) is 5.32 Å². The van der Waals surface area contributed by atoms with E-state index < -0.39 is 12.0 Å². The first-order valence-electron chi connectivity index (χ1n) is 5.64. The van der Waals surface area contributed by atoms with Crippen molar-refractivity contribution in [2.45, 2.75) is 13.0 Å². The van der Waals surface area contributed by atoms with Crippen molar-refractivity contribution in [3.63, 3.8) is 0 Å². The van der Waals surface area contributed by atoms with Gasteiger partial charge in [-0.25, -0.2) is 0 Å². The summed E-state index contributed by atoms with van der Waals surface area (Å²) in [5, 5.41) is 11.7. The topological polar surface area (TPSA) is 58.6 Å². The summed E-state index contributed by atoms with van der Waals surface area (Å²) >= 11 is 3.41. The summed E-state index contributed by atoms with van der Waals surface area (Å²) in [6, 6.07) is 5.27. The fourth-order valence-electron chi connectivity index (χ4n) is 1.67. The lowest BCUT2D eigenvalue weighted by Crippen LogP contribution is -2.35. The molecule has 96 valence electrons. The van der Waals surface area contributed by atoms with E-state index in [4.69, 9.17) is 9.84 Å². The highest BCUT2D eigenvalue weighted by molar-refractivity contribution is 9.10. The molecule has 0 aliphatic carbocycles. The summed E-state index contributed by atoms with van der Waals surface area (Å²) in [7, 11) is 0. The molecule has 2 N–H and O–H groups in total. The van der Waals surface area contributed by atoms with Crippen LogP contribution >= 0.6 is 15.9 Å². The average molecular weight is 312 g/mol. The standard InChI is InChI=1S/C13H14BrNO3/c1-8(13(16)17)15-6-9-4-10-5-11(14)2-3-12(10)18-7-9/h2-5,8,15H,6-7H2,1H3,(H,16,17). The Bertz CT molecular complexity index is 499. The summed E-state index contributed by atoms with van der Waals surface area (Å²) in [5.74, 6) is 0.00343. The van der Waals surface area contributed by atoms with Gasteiger partial charge < -0.3 is 15.2 Å². The number of rotatable bonds is 4. The molecule has 5 heteroatoms. The van der Waals surface area contributed by atoms with Gasteiger partial charge in [0.2, 0.25) is 0 Å². The van der Waals surface area contributed by atoms with Crippen LogP contribution in [0.1, 0.15) is 12.5 Å². The summed E-state index contributed by atoms with van der Waals surface area (Å²) in [5.41, 5.74) is 2.05. The lowest BCUT2D eigenvalue weighted by atomic mass is 10.1. The maximum atomic E-state index is 10.7. The molecular formula is C13H14BrNO3. The van der Waals surface area contributed by atoms with Crippen LogP contribution in [0.2, 0.25) is 0 Å². The lowest BCUT2D eigenvalue weighted by molar-refractivity contribution is -0.138. The minimum absolute atomic E-state index is 0.494. The van der Waals surface area contributed by atoms with Gasteiger partial charge >= 0.3 is 5.97 Å². The highest BCUT2D eigenvalue weighted by Gasteiger charge is 2.14. The Kier molecular flexibility index (Phi) is 4.04. The van der Waals surface area contributed by atoms with Gasteiger partial charge in [0.1, 0.15) is 18.4 Å². The first-order chi connectivity index (χ1) is 8.56. The third kappa shape index (κ3) is 3.11. The fraction of sp³-hybridized carbons (Fsp3) is 0.308. The van der Waals surface area contributed by atoms with Crippen molar-refractivity contribution in [3.8, 4) is 5.75 Å². The van der Waals surface area contributed by atoms with Crippen molar-refractivity contribution in [1.29, 1.82) is 0 Å². The molecule has 0 aromatic heterocycles. The second-order valence-electron chi connectivity index (χ2n) is 4.21. The summed E-state index contributed by atoms with van der Waals surface area (Å²) < 4.78 is 6.60. The minimum Gasteiger partial charge on any atom is -0.489 e. The molecule has 0 saturated heterocycles. The number of aliphatic carboxylic acids is 1. The van der Waals surface area contributed by atoms with Gasteiger partial charge in [-0.1, -0.05) is 15.9 Å². The number of carboxylic acid groups (broad SMARTS) is 1. The third-order valence-corrected chi connectivity index (χ3v) is 3.24. The Balaban J connectivity index is 2.06. The number of nitrogens with one attached hydrogen (secondary N) is 1. The minimum atomic E-state index is -0.851. The molecule has 0 bridgehead atoms. The van der Waals surface area contributed by atoms with E-state index in [0.29, 0.717) is 13.2 Å². The van der Waals surface area contributed by atoms with E-state index in [0.717, 1.165) is 21.4 Å². The molecule has 0 fully saturated rings. The van der Waals surface area contributed by atoms with Gasteiger partial charge in [-0.05, 0) is 36.8 Å². The molecule has 2 rings (SSSR count). The molecule has 4 nitrogen and oxygen atoms in total. The lowest BCUT2D eigenvalue weighted by Gasteiger charge is -2.19. The van der Waals surface area contributed by atoms with Crippen molar-refractivity contribution < 1.29 is 14.6 Å². The van der Waals surface area contributed by atoms with Crippen molar-refractivity contribution in [2.75, 3.05) is 13.2 Å². The second kappa shape index (κ2) is 5.54. The molecule has 1 aromatic carbocycles. The first-order valence-corrected chi connectivity index (χ1v) is 6.43. The number of carbonyl (C=O) groups is 1. The maximum Gasteiger partial charge on any atom is 0.320 e. The Labute approximate surface area is 114 Å². The highest BCUT2D eigenvalue weighted by atomic mass is 79.9. The van der Waals surface area contributed by atoms with E-state index in [9.17, 15) is 4.79 Å². The summed E-state index contributed by atoms with van der Waals surface area (Å²) in [6.45, 7) is 2.63. The summed E-state index contributed by atoms with van der Waals surface area (Å²) in [4.78, 5) is 10.7. The molecule has 1 aromatic rings. The molecule has 1 unspecified atom stereocenters. The van der Waals surface area contributed by atoms with Gasteiger partial charge in [-0.2, -0.15) is 0 Å². The number of carboxylic acids is 1.